The van der Waals surface area contributed by atoms with Crippen LogP contribution in [0.25, 0.3) is 0 Å². The van der Waals surface area contributed by atoms with Gasteiger partial charge in [0.1, 0.15) is 11.5 Å². The van der Waals surface area contributed by atoms with E-state index < -0.39 is 0 Å². The van der Waals surface area contributed by atoms with Gasteiger partial charge in [-0.3, -0.25) is 0 Å². The maximum Gasteiger partial charge on any atom is 0.124 e. The zero-order chi connectivity index (χ0) is 14.1. The molecule has 0 aliphatic heterocycles. The molecule has 0 atom stereocenters. The van der Waals surface area contributed by atoms with E-state index in [1.165, 1.54) is 0 Å². The molecule has 0 amide bonds. The molecule has 1 rings (SSSR count). The van der Waals surface area contributed by atoms with Gasteiger partial charge in [-0.1, -0.05) is 13.8 Å². The maximum atomic E-state index is 5.78. The second-order valence-corrected chi connectivity index (χ2v) is 4.67. The van der Waals surface area contributed by atoms with Gasteiger partial charge in [-0.05, 0) is 24.6 Å². The highest BCUT2D eigenvalue weighted by atomic mass is 16.5. The summed E-state index contributed by atoms with van der Waals surface area (Å²) in [6, 6.07) is 6.30. The molecular formula is C16H23NO2. The first-order chi connectivity index (χ1) is 9.17. The Labute approximate surface area is 116 Å². The molecule has 0 aliphatic rings. The Bertz CT molecular complexity index is 421. The van der Waals surface area contributed by atoms with Crippen molar-refractivity contribution < 1.29 is 9.47 Å². The van der Waals surface area contributed by atoms with Gasteiger partial charge in [-0.25, -0.2) is 0 Å². The SMILES string of the molecule is C#CCCCOc1ccc(OC)cc1CNC(C)C. The quantitative estimate of drug-likeness (QED) is 0.576. The molecular weight excluding hydrogens is 238 g/mol. The summed E-state index contributed by atoms with van der Waals surface area (Å²) in [5, 5.41) is 3.39. The monoisotopic (exact) mass is 261 g/mol. The Morgan fingerprint density at radius 3 is 2.79 bits per heavy atom. The van der Waals surface area contributed by atoms with E-state index in [1.54, 1.807) is 7.11 Å². The molecule has 0 unspecified atom stereocenters. The summed E-state index contributed by atoms with van der Waals surface area (Å²) in [5.74, 6) is 4.35. The van der Waals surface area contributed by atoms with Crippen molar-refractivity contribution in [3.63, 3.8) is 0 Å². The lowest BCUT2D eigenvalue weighted by Crippen LogP contribution is -2.22. The Morgan fingerprint density at radius 2 is 2.16 bits per heavy atom. The van der Waals surface area contributed by atoms with Gasteiger partial charge in [0, 0.05) is 24.6 Å². The van der Waals surface area contributed by atoms with Crippen molar-refractivity contribution in [3.05, 3.63) is 23.8 Å². The Balaban J connectivity index is 2.68. The van der Waals surface area contributed by atoms with Crippen LogP contribution in [0.4, 0.5) is 0 Å². The zero-order valence-corrected chi connectivity index (χ0v) is 12.0. The molecule has 0 saturated carbocycles. The molecule has 1 N–H and O–H groups in total. The summed E-state index contributed by atoms with van der Waals surface area (Å²) in [6.07, 6.45) is 6.85. The fourth-order valence-corrected chi connectivity index (χ4v) is 1.63. The van der Waals surface area contributed by atoms with Crippen molar-refractivity contribution in [2.45, 2.75) is 39.3 Å². The minimum Gasteiger partial charge on any atom is -0.497 e. The number of hydrogen-bond donors (Lipinski definition) is 1. The first-order valence-corrected chi connectivity index (χ1v) is 6.64. The van der Waals surface area contributed by atoms with E-state index in [0.29, 0.717) is 12.6 Å². The van der Waals surface area contributed by atoms with Gasteiger partial charge in [0.2, 0.25) is 0 Å². The highest BCUT2D eigenvalue weighted by Crippen LogP contribution is 2.24. The number of hydrogen-bond acceptors (Lipinski definition) is 3. The summed E-state index contributed by atoms with van der Waals surface area (Å²) in [4.78, 5) is 0. The smallest absolute Gasteiger partial charge is 0.124 e. The number of benzene rings is 1. The number of ether oxygens (including phenoxy) is 2. The molecule has 1 aromatic rings. The molecule has 0 aromatic heterocycles. The predicted molar refractivity (Wildman–Crippen MR) is 78.5 cm³/mol. The molecule has 0 fully saturated rings. The molecule has 3 heteroatoms. The number of methoxy groups -OCH3 is 1. The minimum atomic E-state index is 0.431. The van der Waals surface area contributed by atoms with Crippen LogP contribution in [-0.2, 0) is 6.54 Å². The van der Waals surface area contributed by atoms with Crippen molar-refractivity contribution >= 4 is 0 Å². The van der Waals surface area contributed by atoms with Crippen LogP contribution >= 0.6 is 0 Å². The van der Waals surface area contributed by atoms with Gasteiger partial charge in [0.25, 0.3) is 0 Å². The van der Waals surface area contributed by atoms with E-state index in [2.05, 4.69) is 25.1 Å². The van der Waals surface area contributed by atoms with Gasteiger partial charge in [0.05, 0.1) is 13.7 Å². The second kappa shape index (κ2) is 8.44. The summed E-state index contributed by atoms with van der Waals surface area (Å²) in [6.45, 7) is 5.64. The van der Waals surface area contributed by atoms with E-state index in [-0.39, 0.29) is 0 Å². The lowest BCUT2D eigenvalue weighted by Gasteiger charge is -2.14. The Hall–Kier alpha value is -1.66. The third kappa shape index (κ3) is 5.67. The third-order valence-electron chi connectivity index (χ3n) is 2.69. The standard InChI is InChI=1S/C16H23NO2/c1-5-6-7-10-19-16-9-8-15(18-4)11-14(16)12-17-13(2)3/h1,8-9,11,13,17H,6-7,10,12H2,2-4H3. The maximum absolute atomic E-state index is 5.78. The zero-order valence-electron chi connectivity index (χ0n) is 12.0. The molecule has 0 bridgehead atoms. The molecule has 3 nitrogen and oxygen atoms in total. The summed E-state index contributed by atoms with van der Waals surface area (Å²) >= 11 is 0. The normalized spacial score (nSPS) is 10.3. The highest BCUT2D eigenvalue weighted by Gasteiger charge is 2.06. The number of unbranched alkanes of at least 4 members (excludes halogenated alkanes) is 1. The summed E-state index contributed by atoms with van der Waals surface area (Å²) < 4.78 is 11.0. The van der Waals surface area contributed by atoms with Crippen LogP contribution in [0.1, 0.15) is 32.3 Å². The van der Waals surface area contributed by atoms with E-state index in [4.69, 9.17) is 15.9 Å². The van der Waals surface area contributed by atoms with Crippen molar-refractivity contribution in [2.75, 3.05) is 13.7 Å². The first-order valence-electron chi connectivity index (χ1n) is 6.64. The van der Waals surface area contributed by atoms with Gasteiger partial charge < -0.3 is 14.8 Å². The Morgan fingerprint density at radius 1 is 1.37 bits per heavy atom. The average molecular weight is 261 g/mol. The van der Waals surface area contributed by atoms with Crippen molar-refractivity contribution in [1.29, 1.82) is 0 Å². The lowest BCUT2D eigenvalue weighted by atomic mass is 10.1. The highest BCUT2D eigenvalue weighted by molar-refractivity contribution is 5.40. The third-order valence-corrected chi connectivity index (χ3v) is 2.69. The molecule has 1 aromatic carbocycles. The van der Waals surface area contributed by atoms with E-state index in [0.717, 1.165) is 36.4 Å². The Kier molecular flexibility index (Phi) is 6.84. The van der Waals surface area contributed by atoms with Crippen LogP contribution in [0.3, 0.4) is 0 Å². The molecule has 0 heterocycles. The van der Waals surface area contributed by atoms with Crippen LogP contribution < -0.4 is 14.8 Å². The van der Waals surface area contributed by atoms with Crippen LogP contribution in [0.15, 0.2) is 18.2 Å². The van der Waals surface area contributed by atoms with E-state index in [1.807, 2.05) is 18.2 Å². The first kappa shape index (κ1) is 15.4. The molecule has 0 aliphatic carbocycles. The van der Waals surface area contributed by atoms with Crippen molar-refractivity contribution in [1.82, 2.24) is 5.32 Å². The van der Waals surface area contributed by atoms with Crippen molar-refractivity contribution in [2.24, 2.45) is 0 Å². The van der Waals surface area contributed by atoms with Crippen LogP contribution in [0, 0.1) is 12.3 Å². The van der Waals surface area contributed by atoms with E-state index >= 15 is 0 Å². The summed E-state index contributed by atoms with van der Waals surface area (Å²) in [5.41, 5.74) is 1.11. The fraction of sp³-hybridized carbons (Fsp3) is 0.500. The molecule has 19 heavy (non-hydrogen) atoms. The second-order valence-electron chi connectivity index (χ2n) is 4.67. The number of terminal acetylenes is 1. The largest absolute Gasteiger partial charge is 0.497 e. The molecule has 0 radical (unpaired) electrons. The van der Waals surface area contributed by atoms with Gasteiger partial charge in [-0.2, -0.15) is 0 Å². The number of nitrogens with one attached hydrogen (secondary N) is 1. The van der Waals surface area contributed by atoms with Crippen LogP contribution in [0.5, 0.6) is 11.5 Å². The fourth-order valence-electron chi connectivity index (χ4n) is 1.63. The molecule has 0 saturated heterocycles. The van der Waals surface area contributed by atoms with Crippen molar-refractivity contribution in [3.8, 4) is 23.8 Å². The predicted octanol–water partition coefficient (Wildman–Crippen LogP) is 2.99. The topological polar surface area (TPSA) is 30.5 Å². The van der Waals surface area contributed by atoms with Gasteiger partial charge >= 0.3 is 0 Å². The van der Waals surface area contributed by atoms with E-state index in [9.17, 15) is 0 Å². The minimum absolute atomic E-state index is 0.431. The van der Waals surface area contributed by atoms with Gasteiger partial charge in [-0.15, -0.1) is 12.3 Å². The molecule has 0 spiro atoms. The van der Waals surface area contributed by atoms with Gasteiger partial charge in [0.15, 0.2) is 0 Å². The average Bonchev–Trinajstić information content (AvgIpc) is 2.42. The van der Waals surface area contributed by atoms with Crippen LogP contribution in [0.2, 0.25) is 0 Å². The summed E-state index contributed by atoms with van der Waals surface area (Å²) in [7, 11) is 1.67. The molecule has 104 valence electrons. The van der Waals surface area contributed by atoms with Crippen LogP contribution in [-0.4, -0.2) is 19.8 Å². The number of rotatable bonds is 8. The lowest BCUT2D eigenvalue weighted by molar-refractivity contribution is 0.307.